The number of carbonyl (C=O) groups is 2. The number of carbonyl (C=O) groups excluding carboxylic acids is 2. The monoisotopic (exact) mass is 383 g/mol. The first kappa shape index (κ1) is 19.1. The summed E-state index contributed by atoms with van der Waals surface area (Å²) in [6, 6.07) is 4.81. The maximum absolute atomic E-state index is 11.8. The Morgan fingerprint density at radius 2 is 2.20 bits per heavy atom. The van der Waals surface area contributed by atoms with E-state index in [0.29, 0.717) is 21.8 Å². The molecule has 3 N–H and O–H groups in total. The smallest absolute Gasteiger partial charge is 0.321 e. The molecule has 1 aromatic carbocycles. The minimum absolute atomic E-state index is 0.202. The van der Waals surface area contributed by atoms with E-state index in [2.05, 4.69) is 25.8 Å². The Bertz CT molecular complexity index is 767. The molecule has 0 bridgehead atoms. The van der Waals surface area contributed by atoms with Gasteiger partial charge in [-0.3, -0.25) is 15.2 Å². The van der Waals surface area contributed by atoms with Crippen molar-refractivity contribution >= 4 is 35.3 Å². The van der Waals surface area contributed by atoms with E-state index in [4.69, 9.17) is 16.3 Å². The summed E-state index contributed by atoms with van der Waals surface area (Å²) in [6.07, 6.45) is 0. The summed E-state index contributed by atoms with van der Waals surface area (Å²) in [5, 5.41) is 11.8. The molecule has 0 aliphatic carbocycles. The zero-order valence-corrected chi connectivity index (χ0v) is 15.5. The summed E-state index contributed by atoms with van der Waals surface area (Å²) in [4.78, 5) is 27.2. The molecule has 0 aliphatic heterocycles. The lowest BCUT2D eigenvalue weighted by atomic mass is 10.2. The molecule has 0 fully saturated rings. The lowest BCUT2D eigenvalue weighted by Gasteiger charge is -2.08. The summed E-state index contributed by atoms with van der Waals surface area (Å²) in [5.41, 5.74) is 0.920. The largest absolute Gasteiger partial charge is 0.486 e. The number of nitrogens with one attached hydrogen (secondary N) is 3. The van der Waals surface area contributed by atoms with Crippen molar-refractivity contribution in [2.24, 2.45) is 0 Å². The quantitative estimate of drug-likeness (QED) is 0.660. The fourth-order valence-electron chi connectivity index (χ4n) is 1.74. The molecular weight excluding hydrogens is 366 g/mol. The van der Waals surface area contributed by atoms with E-state index in [9.17, 15) is 9.59 Å². The van der Waals surface area contributed by atoms with Gasteiger partial charge in [0.1, 0.15) is 12.4 Å². The number of hydrogen-bond donors (Lipinski definition) is 3. The third-order valence-electron chi connectivity index (χ3n) is 3.13. The highest BCUT2D eigenvalue weighted by molar-refractivity contribution is 8.00. The molecule has 2 rings (SSSR count). The van der Waals surface area contributed by atoms with Crippen LogP contribution in [0.25, 0.3) is 0 Å². The Morgan fingerprint density at radius 3 is 2.88 bits per heavy atom. The molecule has 0 unspecified atom stereocenters. The average molecular weight is 384 g/mol. The van der Waals surface area contributed by atoms with Crippen molar-refractivity contribution in [3.05, 3.63) is 34.6 Å². The number of rotatable bonds is 6. The average Bonchev–Trinajstić information content (AvgIpc) is 3.03. The van der Waals surface area contributed by atoms with Crippen molar-refractivity contribution in [3.8, 4) is 5.75 Å². The maximum Gasteiger partial charge on any atom is 0.321 e. The van der Waals surface area contributed by atoms with Gasteiger partial charge < -0.3 is 10.1 Å². The number of benzene rings is 1. The standard InChI is InChI=1S/C15H18ClN5O3S/c1-8-6-10(4-5-11(8)16)24-7-12-18-15(21-20-12)25-9(2)13(22)19-14(23)17-3/h4-6,9H,7H2,1-3H3,(H,18,20,21)(H2,17,19,22,23)/t9-/m1/s1. The second-order valence-corrected chi connectivity index (χ2v) is 6.81. The van der Waals surface area contributed by atoms with Crippen LogP contribution in [0.3, 0.4) is 0 Å². The van der Waals surface area contributed by atoms with Crippen molar-refractivity contribution in [2.75, 3.05) is 7.05 Å². The van der Waals surface area contributed by atoms with Crippen LogP contribution in [0.2, 0.25) is 5.02 Å². The minimum atomic E-state index is -0.556. The molecule has 10 heteroatoms. The van der Waals surface area contributed by atoms with Crippen molar-refractivity contribution in [3.63, 3.8) is 0 Å². The number of imide groups is 1. The molecule has 134 valence electrons. The third-order valence-corrected chi connectivity index (χ3v) is 4.52. The number of thioether (sulfide) groups is 1. The normalized spacial score (nSPS) is 11.7. The second kappa shape index (κ2) is 8.72. The molecule has 1 heterocycles. The minimum Gasteiger partial charge on any atom is -0.486 e. The lowest BCUT2D eigenvalue weighted by Crippen LogP contribution is -2.41. The molecule has 1 atom stereocenters. The van der Waals surface area contributed by atoms with E-state index < -0.39 is 17.2 Å². The van der Waals surface area contributed by atoms with Crippen molar-refractivity contribution < 1.29 is 14.3 Å². The van der Waals surface area contributed by atoms with Crippen LogP contribution in [-0.4, -0.2) is 39.4 Å². The molecule has 1 aromatic heterocycles. The Labute approximate surface area is 154 Å². The van der Waals surface area contributed by atoms with Crippen molar-refractivity contribution in [1.82, 2.24) is 25.8 Å². The predicted octanol–water partition coefficient (Wildman–Crippen LogP) is 2.28. The molecule has 25 heavy (non-hydrogen) atoms. The molecule has 2 aromatic rings. The SMILES string of the molecule is CNC(=O)NC(=O)[C@@H](C)Sc1n[nH]c(COc2ccc(Cl)c(C)c2)n1. The number of urea groups is 1. The first-order valence-electron chi connectivity index (χ1n) is 7.38. The Kier molecular flexibility index (Phi) is 6.65. The zero-order chi connectivity index (χ0) is 18.4. The molecule has 0 saturated carbocycles. The van der Waals surface area contributed by atoms with E-state index in [1.54, 1.807) is 19.1 Å². The molecule has 0 aliphatic rings. The van der Waals surface area contributed by atoms with Gasteiger partial charge in [-0.05, 0) is 37.6 Å². The molecule has 3 amide bonds. The molecule has 0 spiro atoms. The van der Waals surface area contributed by atoms with Crippen LogP contribution >= 0.6 is 23.4 Å². The van der Waals surface area contributed by atoms with Crippen molar-refractivity contribution in [1.29, 1.82) is 0 Å². The van der Waals surface area contributed by atoms with Crippen LogP contribution in [0.4, 0.5) is 4.79 Å². The summed E-state index contributed by atoms with van der Waals surface area (Å²) in [7, 11) is 1.43. The first-order valence-corrected chi connectivity index (χ1v) is 8.64. The summed E-state index contributed by atoms with van der Waals surface area (Å²) >= 11 is 7.10. The fraction of sp³-hybridized carbons (Fsp3) is 0.333. The summed E-state index contributed by atoms with van der Waals surface area (Å²) < 4.78 is 5.63. The van der Waals surface area contributed by atoms with Gasteiger partial charge in [0.2, 0.25) is 11.1 Å². The van der Waals surface area contributed by atoms with Crippen LogP contribution in [0.5, 0.6) is 5.75 Å². The zero-order valence-electron chi connectivity index (χ0n) is 13.9. The fourth-order valence-corrected chi connectivity index (χ4v) is 2.60. The number of amides is 3. The Balaban J connectivity index is 1.88. The van der Waals surface area contributed by atoms with Crippen LogP contribution in [0, 0.1) is 6.92 Å². The van der Waals surface area contributed by atoms with Gasteiger partial charge in [0.25, 0.3) is 0 Å². The van der Waals surface area contributed by atoms with Crippen LogP contribution < -0.4 is 15.4 Å². The Morgan fingerprint density at radius 1 is 1.44 bits per heavy atom. The number of aromatic nitrogens is 3. The molecule has 8 nitrogen and oxygen atoms in total. The van der Waals surface area contributed by atoms with E-state index in [1.165, 1.54) is 7.05 Å². The van der Waals surface area contributed by atoms with E-state index >= 15 is 0 Å². The van der Waals surface area contributed by atoms with Crippen LogP contribution in [-0.2, 0) is 11.4 Å². The number of hydrogen-bond acceptors (Lipinski definition) is 6. The lowest BCUT2D eigenvalue weighted by molar-refractivity contribution is -0.119. The first-order chi connectivity index (χ1) is 11.9. The number of aromatic amines is 1. The summed E-state index contributed by atoms with van der Waals surface area (Å²) in [6.45, 7) is 3.75. The van der Waals surface area contributed by atoms with Crippen LogP contribution in [0.15, 0.2) is 23.4 Å². The van der Waals surface area contributed by atoms with E-state index in [0.717, 1.165) is 17.3 Å². The number of H-pyrrole nitrogens is 1. The highest BCUT2D eigenvalue weighted by Crippen LogP contribution is 2.22. The predicted molar refractivity (Wildman–Crippen MR) is 94.8 cm³/mol. The number of halogens is 1. The van der Waals surface area contributed by atoms with Gasteiger partial charge in [0.15, 0.2) is 5.82 Å². The highest BCUT2D eigenvalue weighted by atomic mass is 35.5. The maximum atomic E-state index is 11.8. The van der Waals surface area contributed by atoms with Gasteiger partial charge >= 0.3 is 6.03 Å². The molecule has 0 saturated heterocycles. The molecule has 0 radical (unpaired) electrons. The van der Waals surface area contributed by atoms with Gasteiger partial charge in [-0.1, -0.05) is 23.4 Å². The number of aryl methyl sites for hydroxylation is 1. The third kappa shape index (κ3) is 5.64. The Hall–Kier alpha value is -2.26. The van der Waals surface area contributed by atoms with Gasteiger partial charge in [-0.15, -0.1) is 5.10 Å². The van der Waals surface area contributed by atoms with Gasteiger partial charge in [0, 0.05) is 12.1 Å². The van der Waals surface area contributed by atoms with Gasteiger partial charge in [-0.25, -0.2) is 9.78 Å². The molecular formula is C15H18ClN5O3S. The van der Waals surface area contributed by atoms with Crippen LogP contribution in [0.1, 0.15) is 18.3 Å². The second-order valence-electron chi connectivity index (χ2n) is 5.09. The van der Waals surface area contributed by atoms with E-state index in [-0.39, 0.29) is 6.61 Å². The van der Waals surface area contributed by atoms with Gasteiger partial charge in [0.05, 0.1) is 5.25 Å². The van der Waals surface area contributed by atoms with Crippen molar-refractivity contribution in [2.45, 2.75) is 30.9 Å². The number of nitrogens with zero attached hydrogens (tertiary/aromatic N) is 2. The van der Waals surface area contributed by atoms with Gasteiger partial charge in [-0.2, -0.15) is 0 Å². The topological polar surface area (TPSA) is 109 Å². The number of ether oxygens (including phenoxy) is 1. The summed E-state index contributed by atoms with van der Waals surface area (Å²) in [5.74, 6) is 0.767. The highest BCUT2D eigenvalue weighted by Gasteiger charge is 2.18. The van der Waals surface area contributed by atoms with E-state index in [1.807, 2.05) is 13.0 Å².